The zero-order valence-corrected chi connectivity index (χ0v) is 21.5. The Kier molecular flexibility index (Phi) is 8.51. The minimum Gasteiger partial charge on any atom is -0.494 e. The van der Waals surface area contributed by atoms with E-state index in [-0.39, 0.29) is 18.4 Å². The van der Waals surface area contributed by atoms with Crippen LogP contribution in [0.25, 0.3) is 11.0 Å². The standard InChI is InChI=1S/C29H33N5O3/c1-4-37-24-16-14-23(15-17-24)34(27(35)20-33-26-13-9-8-12-25(26)31-32-33)28(22-10-6-5-7-11-22)29(36)30-19-18-21(2)3/h5-17,21,28H,4,18-20H2,1-3H3,(H,30,36). The number of amides is 2. The molecule has 0 radical (unpaired) electrons. The lowest BCUT2D eigenvalue weighted by Gasteiger charge is -2.31. The van der Waals surface area contributed by atoms with E-state index in [1.54, 1.807) is 21.7 Å². The van der Waals surface area contributed by atoms with Gasteiger partial charge in [0.15, 0.2) is 0 Å². The molecule has 8 heteroatoms. The average Bonchev–Trinajstić information content (AvgIpc) is 3.31. The Morgan fingerprint density at radius 1 is 0.973 bits per heavy atom. The molecule has 4 aromatic rings. The largest absolute Gasteiger partial charge is 0.494 e. The number of aromatic nitrogens is 3. The van der Waals surface area contributed by atoms with Gasteiger partial charge in [0.25, 0.3) is 0 Å². The Bertz CT molecular complexity index is 1320. The maximum absolute atomic E-state index is 14.0. The van der Waals surface area contributed by atoms with Crippen LogP contribution in [0.3, 0.4) is 0 Å². The van der Waals surface area contributed by atoms with E-state index in [0.717, 1.165) is 17.5 Å². The van der Waals surface area contributed by atoms with Crippen LogP contribution in [0.5, 0.6) is 5.75 Å². The van der Waals surface area contributed by atoms with Crippen molar-refractivity contribution in [1.29, 1.82) is 0 Å². The number of anilines is 1. The van der Waals surface area contributed by atoms with Crippen LogP contribution in [0.2, 0.25) is 0 Å². The van der Waals surface area contributed by atoms with Crippen LogP contribution in [0.4, 0.5) is 5.69 Å². The van der Waals surface area contributed by atoms with Crippen molar-refractivity contribution in [3.63, 3.8) is 0 Å². The molecule has 0 aliphatic heterocycles. The van der Waals surface area contributed by atoms with Crippen LogP contribution in [-0.2, 0) is 16.1 Å². The first-order chi connectivity index (χ1) is 18.0. The van der Waals surface area contributed by atoms with Gasteiger partial charge in [-0.15, -0.1) is 5.10 Å². The second-order valence-corrected chi connectivity index (χ2v) is 9.21. The minimum atomic E-state index is -0.867. The predicted molar refractivity (Wildman–Crippen MR) is 144 cm³/mol. The first-order valence-corrected chi connectivity index (χ1v) is 12.6. The number of rotatable bonds is 11. The number of benzene rings is 3. The second kappa shape index (κ2) is 12.2. The van der Waals surface area contributed by atoms with Crippen molar-refractivity contribution in [2.75, 3.05) is 18.1 Å². The summed E-state index contributed by atoms with van der Waals surface area (Å²) in [5, 5.41) is 11.4. The molecule has 1 atom stereocenters. The lowest BCUT2D eigenvalue weighted by molar-refractivity contribution is -0.127. The molecule has 192 valence electrons. The summed E-state index contributed by atoms with van der Waals surface area (Å²) in [6.45, 7) is 7.12. The smallest absolute Gasteiger partial charge is 0.249 e. The predicted octanol–water partition coefficient (Wildman–Crippen LogP) is 4.77. The monoisotopic (exact) mass is 499 g/mol. The lowest BCUT2D eigenvalue weighted by atomic mass is 10.0. The molecule has 8 nitrogen and oxygen atoms in total. The molecule has 1 unspecified atom stereocenters. The number of ether oxygens (including phenoxy) is 1. The Morgan fingerprint density at radius 3 is 2.38 bits per heavy atom. The quantitative estimate of drug-likeness (QED) is 0.321. The van der Waals surface area contributed by atoms with E-state index in [1.807, 2.05) is 73.7 Å². The zero-order valence-electron chi connectivity index (χ0n) is 21.5. The summed E-state index contributed by atoms with van der Waals surface area (Å²) in [7, 11) is 0. The van der Waals surface area contributed by atoms with E-state index in [1.165, 1.54) is 0 Å². The number of para-hydroxylation sites is 1. The SMILES string of the molecule is CCOc1ccc(N(C(=O)Cn2nnc3ccccc32)C(C(=O)NCCC(C)C)c2ccccc2)cc1. The van der Waals surface area contributed by atoms with Crippen molar-refractivity contribution < 1.29 is 14.3 Å². The Balaban J connectivity index is 1.74. The van der Waals surface area contributed by atoms with Crippen LogP contribution >= 0.6 is 0 Å². The number of carbonyl (C=O) groups is 2. The number of nitrogens with zero attached hydrogens (tertiary/aromatic N) is 4. The third-order valence-corrected chi connectivity index (χ3v) is 6.04. The van der Waals surface area contributed by atoms with Gasteiger partial charge in [-0.1, -0.05) is 61.5 Å². The normalized spacial score (nSPS) is 11.9. The molecule has 0 spiro atoms. The van der Waals surface area contributed by atoms with Crippen molar-refractivity contribution in [2.24, 2.45) is 5.92 Å². The third kappa shape index (κ3) is 6.33. The van der Waals surface area contributed by atoms with Gasteiger partial charge in [0, 0.05) is 12.2 Å². The van der Waals surface area contributed by atoms with Gasteiger partial charge in [0.2, 0.25) is 11.8 Å². The molecular weight excluding hydrogens is 466 g/mol. The van der Waals surface area contributed by atoms with E-state index in [0.29, 0.717) is 36.0 Å². The van der Waals surface area contributed by atoms with Crippen molar-refractivity contribution in [2.45, 2.75) is 39.8 Å². The lowest BCUT2D eigenvalue weighted by Crippen LogP contribution is -2.45. The van der Waals surface area contributed by atoms with E-state index in [4.69, 9.17) is 4.74 Å². The molecule has 1 N–H and O–H groups in total. The Hall–Kier alpha value is -4.20. The Labute approximate surface area is 217 Å². The van der Waals surface area contributed by atoms with Crippen molar-refractivity contribution in [3.05, 3.63) is 84.4 Å². The van der Waals surface area contributed by atoms with Crippen LogP contribution in [0.1, 0.15) is 38.8 Å². The molecule has 0 fully saturated rings. The molecule has 4 rings (SSSR count). The van der Waals surface area contributed by atoms with Gasteiger partial charge in [-0.25, -0.2) is 4.68 Å². The summed E-state index contributed by atoms with van der Waals surface area (Å²) >= 11 is 0. The first kappa shape index (κ1) is 25.9. The number of carbonyl (C=O) groups excluding carboxylic acids is 2. The third-order valence-electron chi connectivity index (χ3n) is 6.04. The maximum atomic E-state index is 14.0. The molecular formula is C29H33N5O3. The van der Waals surface area contributed by atoms with E-state index < -0.39 is 6.04 Å². The fourth-order valence-corrected chi connectivity index (χ4v) is 4.18. The van der Waals surface area contributed by atoms with Crippen molar-refractivity contribution in [3.8, 4) is 5.75 Å². The molecule has 1 aromatic heterocycles. The van der Waals surface area contributed by atoms with Crippen LogP contribution < -0.4 is 15.0 Å². The highest BCUT2D eigenvalue weighted by Crippen LogP contribution is 2.30. The van der Waals surface area contributed by atoms with Crippen LogP contribution in [0.15, 0.2) is 78.9 Å². The highest BCUT2D eigenvalue weighted by atomic mass is 16.5. The van der Waals surface area contributed by atoms with Gasteiger partial charge >= 0.3 is 0 Å². The zero-order chi connectivity index (χ0) is 26.2. The summed E-state index contributed by atoms with van der Waals surface area (Å²) in [5.74, 6) is 0.615. The topological polar surface area (TPSA) is 89.3 Å². The number of hydrogen-bond acceptors (Lipinski definition) is 5. The fourth-order valence-electron chi connectivity index (χ4n) is 4.18. The molecule has 1 heterocycles. The van der Waals surface area contributed by atoms with E-state index in [2.05, 4.69) is 29.5 Å². The fraction of sp³-hybridized carbons (Fsp3) is 0.310. The first-order valence-electron chi connectivity index (χ1n) is 12.6. The van der Waals surface area contributed by atoms with Gasteiger partial charge in [0.1, 0.15) is 23.9 Å². The number of hydrogen-bond donors (Lipinski definition) is 1. The van der Waals surface area contributed by atoms with Gasteiger partial charge in [0.05, 0.1) is 12.1 Å². The van der Waals surface area contributed by atoms with Crippen LogP contribution in [0, 0.1) is 5.92 Å². The molecule has 0 saturated heterocycles. The van der Waals surface area contributed by atoms with E-state index >= 15 is 0 Å². The number of nitrogens with one attached hydrogen (secondary N) is 1. The molecule has 0 bridgehead atoms. The molecule has 0 aliphatic rings. The summed E-state index contributed by atoms with van der Waals surface area (Å²) in [6.07, 6.45) is 0.842. The summed E-state index contributed by atoms with van der Waals surface area (Å²) in [5.41, 5.74) is 2.76. The molecule has 0 saturated carbocycles. The van der Waals surface area contributed by atoms with Crippen LogP contribution in [-0.4, -0.2) is 40.0 Å². The Morgan fingerprint density at radius 2 is 1.68 bits per heavy atom. The summed E-state index contributed by atoms with van der Waals surface area (Å²) < 4.78 is 7.16. The summed E-state index contributed by atoms with van der Waals surface area (Å²) in [6, 6.07) is 23.2. The van der Waals surface area contributed by atoms with Gasteiger partial charge in [-0.05, 0) is 61.2 Å². The molecule has 2 amide bonds. The molecule has 37 heavy (non-hydrogen) atoms. The minimum absolute atomic E-state index is 0.0731. The van der Waals surface area contributed by atoms with Gasteiger partial charge < -0.3 is 10.1 Å². The highest BCUT2D eigenvalue weighted by Gasteiger charge is 2.33. The average molecular weight is 500 g/mol. The molecule has 3 aromatic carbocycles. The number of fused-ring (bicyclic) bond motifs is 1. The van der Waals surface area contributed by atoms with Crippen molar-refractivity contribution in [1.82, 2.24) is 20.3 Å². The van der Waals surface area contributed by atoms with E-state index in [9.17, 15) is 9.59 Å². The van der Waals surface area contributed by atoms with Gasteiger partial charge in [-0.2, -0.15) is 0 Å². The molecule has 0 aliphatic carbocycles. The van der Waals surface area contributed by atoms with Gasteiger partial charge in [-0.3, -0.25) is 14.5 Å². The second-order valence-electron chi connectivity index (χ2n) is 9.21. The maximum Gasteiger partial charge on any atom is 0.249 e. The van der Waals surface area contributed by atoms with Crippen molar-refractivity contribution >= 4 is 28.5 Å². The highest BCUT2D eigenvalue weighted by molar-refractivity contribution is 6.01. The summed E-state index contributed by atoms with van der Waals surface area (Å²) in [4.78, 5) is 29.2.